The molecule has 1 aliphatic heterocycles. The summed E-state index contributed by atoms with van der Waals surface area (Å²) in [6, 6.07) is 9.69. The van der Waals surface area contributed by atoms with E-state index in [9.17, 15) is 14.7 Å². The number of carbonyl (C=O) groups is 2. The molecule has 6 heteroatoms. The number of ether oxygens (including phenoxy) is 1. The van der Waals surface area contributed by atoms with Crippen LogP contribution in [0.25, 0.3) is 0 Å². The van der Waals surface area contributed by atoms with E-state index in [1.54, 1.807) is 18.4 Å². The molecule has 6 nitrogen and oxygen atoms in total. The third-order valence-electron chi connectivity index (χ3n) is 13.3. The number of hydrogen-bond donors (Lipinski definition) is 1. The van der Waals surface area contributed by atoms with Gasteiger partial charge in [0.05, 0.1) is 18.9 Å². The lowest BCUT2D eigenvalue weighted by Gasteiger charge is -2.57. The Morgan fingerprint density at radius 1 is 1.04 bits per heavy atom. The summed E-state index contributed by atoms with van der Waals surface area (Å²) in [5.41, 5.74) is 3.26. The lowest BCUT2D eigenvalue weighted by atomic mass is 9.49. The molecule has 1 aromatic carbocycles. The minimum atomic E-state index is -0.588. The lowest BCUT2D eigenvalue weighted by molar-refractivity contribution is -0.0641. The van der Waals surface area contributed by atoms with Crippen LogP contribution >= 0.6 is 0 Å². The van der Waals surface area contributed by atoms with E-state index in [0.717, 1.165) is 67.5 Å². The Morgan fingerprint density at radius 3 is 2.51 bits per heavy atom. The maximum atomic E-state index is 14.0. The molecule has 7 aliphatic carbocycles. The molecule has 0 radical (unpaired) electrons. The number of nitrogens with zero attached hydrogens (tertiary/aromatic N) is 1. The van der Waals surface area contributed by atoms with Gasteiger partial charge in [-0.25, -0.2) is 4.79 Å². The van der Waals surface area contributed by atoms with Crippen molar-refractivity contribution < 1.29 is 23.8 Å². The lowest BCUT2D eigenvalue weighted by Crippen LogP contribution is -2.52. The maximum absolute atomic E-state index is 14.0. The molecule has 6 bridgehead atoms. The van der Waals surface area contributed by atoms with Gasteiger partial charge in [-0.15, -0.1) is 0 Å². The van der Waals surface area contributed by atoms with Gasteiger partial charge in [0.15, 0.2) is 5.76 Å². The Bertz CT molecular complexity index is 1470. The van der Waals surface area contributed by atoms with E-state index in [1.807, 2.05) is 6.07 Å². The van der Waals surface area contributed by atoms with Gasteiger partial charge in [-0.2, -0.15) is 0 Å². The molecule has 240 valence electrons. The molecule has 2 heterocycles. The Kier molecular flexibility index (Phi) is 7.13. The largest absolute Gasteiger partial charge is 0.461 e. The second kappa shape index (κ2) is 10.9. The average Bonchev–Trinajstić information content (AvgIpc) is 3.70. The minimum Gasteiger partial charge on any atom is -0.461 e. The van der Waals surface area contributed by atoms with E-state index in [1.165, 1.54) is 44.1 Å². The number of fused-ring (bicyclic) bond motifs is 8. The highest BCUT2D eigenvalue weighted by molar-refractivity contribution is 6.08. The fraction of sp³-hybridized carbons (Fsp3) is 0.641. The van der Waals surface area contributed by atoms with Gasteiger partial charge in [0.2, 0.25) is 5.78 Å². The van der Waals surface area contributed by atoms with Crippen molar-refractivity contribution in [1.82, 2.24) is 4.90 Å². The molecule has 1 N–H and O–H groups in total. The first-order valence-corrected chi connectivity index (χ1v) is 17.7. The van der Waals surface area contributed by atoms with Crippen LogP contribution in [-0.4, -0.2) is 46.7 Å². The Labute approximate surface area is 267 Å². The van der Waals surface area contributed by atoms with Crippen LogP contribution in [0.15, 0.2) is 52.7 Å². The molecule has 1 saturated heterocycles. The number of amides is 1. The number of benzene rings is 1. The molecule has 1 amide bonds. The van der Waals surface area contributed by atoms with Crippen LogP contribution in [0.3, 0.4) is 0 Å². The van der Waals surface area contributed by atoms with Crippen molar-refractivity contribution in [2.75, 3.05) is 13.1 Å². The first kappa shape index (κ1) is 29.5. The highest BCUT2D eigenvalue weighted by atomic mass is 16.6. The molecule has 1 aromatic heterocycles. The van der Waals surface area contributed by atoms with E-state index in [0.29, 0.717) is 30.7 Å². The van der Waals surface area contributed by atoms with Gasteiger partial charge in [-0.05, 0) is 149 Å². The molecular formula is C39H49NO5. The Hall–Kier alpha value is -2.86. The second-order valence-electron chi connectivity index (χ2n) is 16.4. The first-order chi connectivity index (χ1) is 21.6. The summed E-state index contributed by atoms with van der Waals surface area (Å²) >= 11 is 0. The maximum Gasteiger partial charge on any atom is 0.410 e. The van der Waals surface area contributed by atoms with Gasteiger partial charge in [0, 0.05) is 17.5 Å². The van der Waals surface area contributed by atoms with Crippen LogP contribution in [0.2, 0.25) is 0 Å². The van der Waals surface area contributed by atoms with Crippen molar-refractivity contribution in [2.45, 2.75) is 115 Å². The predicted octanol–water partition coefficient (Wildman–Crippen LogP) is 8.23. The van der Waals surface area contributed by atoms with Crippen LogP contribution in [0, 0.1) is 28.6 Å². The van der Waals surface area contributed by atoms with Gasteiger partial charge < -0.3 is 19.2 Å². The number of furan rings is 1. The van der Waals surface area contributed by atoms with Gasteiger partial charge in [-0.1, -0.05) is 30.7 Å². The van der Waals surface area contributed by atoms with E-state index in [2.05, 4.69) is 37.0 Å². The zero-order chi connectivity index (χ0) is 31.0. The molecular weight excluding hydrogens is 562 g/mol. The number of rotatable bonds is 4. The quantitative estimate of drug-likeness (QED) is 0.278. The topological polar surface area (TPSA) is 80.0 Å². The van der Waals surface area contributed by atoms with Crippen LogP contribution < -0.4 is 0 Å². The van der Waals surface area contributed by atoms with Crippen molar-refractivity contribution in [1.29, 1.82) is 0 Å². The van der Waals surface area contributed by atoms with Crippen molar-refractivity contribution in [3.8, 4) is 0 Å². The second-order valence-corrected chi connectivity index (χ2v) is 16.4. The van der Waals surface area contributed by atoms with Crippen molar-refractivity contribution in [3.05, 3.63) is 70.7 Å². The zero-order valence-corrected chi connectivity index (χ0v) is 27.1. The molecule has 1 spiro atoms. The fourth-order valence-electron chi connectivity index (χ4n) is 11.5. The highest BCUT2D eigenvalue weighted by Gasteiger charge is 2.65. The smallest absolute Gasteiger partial charge is 0.410 e. The summed E-state index contributed by atoms with van der Waals surface area (Å²) in [5.74, 6) is 2.80. The van der Waals surface area contributed by atoms with Crippen LogP contribution in [-0.2, 0) is 11.2 Å². The third-order valence-corrected chi connectivity index (χ3v) is 13.3. The van der Waals surface area contributed by atoms with Crippen LogP contribution in [0.5, 0.6) is 0 Å². The van der Waals surface area contributed by atoms with Crippen LogP contribution in [0.1, 0.15) is 124 Å². The van der Waals surface area contributed by atoms with Gasteiger partial charge in [-0.3, -0.25) is 4.79 Å². The molecule has 8 aliphatic rings. The minimum absolute atomic E-state index is 0.0503. The molecule has 0 unspecified atom stereocenters. The molecule has 2 aromatic rings. The predicted molar refractivity (Wildman–Crippen MR) is 172 cm³/mol. The summed E-state index contributed by atoms with van der Waals surface area (Å²) in [6.45, 7) is 5.99. The Balaban J connectivity index is 1.16. The molecule has 6 fully saturated rings. The Morgan fingerprint density at radius 2 is 1.80 bits per heavy atom. The molecule has 4 atom stereocenters. The van der Waals surface area contributed by atoms with Crippen molar-refractivity contribution in [3.63, 3.8) is 0 Å². The number of allylic oxidation sites excluding steroid dienone is 2. The summed E-state index contributed by atoms with van der Waals surface area (Å²) < 4.78 is 12.3. The molecule has 45 heavy (non-hydrogen) atoms. The first-order valence-electron chi connectivity index (χ1n) is 17.7. The van der Waals surface area contributed by atoms with Gasteiger partial charge in [0.25, 0.3) is 0 Å². The number of carbonyl (C=O) groups excluding carboxylic acids is 2. The monoisotopic (exact) mass is 611 g/mol. The number of ketones is 1. The zero-order valence-electron chi connectivity index (χ0n) is 27.1. The summed E-state index contributed by atoms with van der Waals surface area (Å²) in [4.78, 5) is 30.0. The SMILES string of the molecule is CC1=CCC[C@@]2(C)[C@@H](CC[C@@]23CN(CC24CC5CC(CC(C5)C2)C4)C(=O)O3)c2ccc(cc2C(=O)c2ccco2)C[C@@H](O)CC1. The standard InChI is InChI=1S/C39H49NO5/c1-25-5-3-12-37(2)33(31-10-8-26(18-30(41)9-7-25)19-32(31)35(42)34-6-4-14-44-34)11-13-39(37)24-40(36(43)45-39)23-38-20-27-15-28(21-38)17-29(16-27)22-38/h4-6,8,10,14,19,27-30,33,41H,3,7,9,11-13,15-18,20-24H2,1-2H3/t27?,28?,29?,30-,33-,37-,38?,39+/m0/s1. The number of hydrogen-bond acceptors (Lipinski definition) is 5. The molecule has 5 saturated carbocycles. The van der Waals surface area contributed by atoms with E-state index < -0.39 is 11.7 Å². The molecule has 10 rings (SSSR count). The number of aliphatic hydroxyl groups is 1. The summed E-state index contributed by atoms with van der Waals surface area (Å²) in [5, 5.41) is 10.9. The summed E-state index contributed by atoms with van der Waals surface area (Å²) in [6.07, 6.45) is 16.8. The highest BCUT2D eigenvalue weighted by Crippen LogP contribution is 2.64. The number of aliphatic hydroxyl groups excluding tert-OH is 1. The normalized spacial score (nSPS) is 39.2. The third kappa shape index (κ3) is 5.01. The van der Waals surface area contributed by atoms with E-state index >= 15 is 0 Å². The summed E-state index contributed by atoms with van der Waals surface area (Å²) in [7, 11) is 0. The van der Waals surface area contributed by atoms with Crippen LogP contribution in [0.4, 0.5) is 4.79 Å². The van der Waals surface area contributed by atoms with Gasteiger partial charge >= 0.3 is 6.09 Å². The van der Waals surface area contributed by atoms with E-state index in [-0.39, 0.29) is 28.6 Å². The fourth-order valence-corrected chi connectivity index (χ4v) is 11.5. The van der Waals surface area contributed by atoms with Crippen molar-refractivity contribution >= 4 is 11.9 Å². The van der Waals surface area contributed by atoms with Gasteiger partial charge in [0.1, 0.15) is 5.60 Å². The van der Waals surface area contributed by atoms with E-state index in [4.69, 9.17) is 9.15 Å². The van der Waals surface area contributed by atoms with Crippen molar-refractivity contribution in [2.24, 2.45) is 28.6 Å². The average molecular weight is 612 g/mol.